The van der Waals surface area contributed by atoms with Crippen LogP contribution in [0.15, 0.2) is 99.2 Å². The standard InChI is InChI=1S/C33H24ClN3O7/c1-41-26-11-6-12-27-23(26)16-29(44-27)31-36-25-10-4-3-9-22(25)32(38)37(31)35-17-20-14-24(34)30(28(15-20)42-2)43-18-19-7-5-8-21(13-19)33(39)40/h3-17H,18H2,1-2H3,(H,39,40). The molecule has 0 spiro atoms. The average molecular weight is 610 g/mol. The normalized spacial score (nSPS) is 11.3. The number of para-hydroxylation sites is 1. The number of carboxylic acid groups (broad SMARTS) is 1. The molecule has 0 saturated heterocycles. The minimum atomic E-state index is -1.03. The maximum Gasteiger partial charge on any atom is 0.335 e. The summed E-state index contributed by atoms with van der Waals surface area (Å²) in [6, 6.07) is 23.9. The first-order valence-electron chi connectivity index (χ1n) is 13.3. The first-order valence-corrected chi connectivity index (χ1v) is 13.7. The molecule has 220 valence electrons. The van der Waals surface area contributed by atoms with Crippen molar-refractivity contribution in [1.82, 2.24) is 9.66 Å². The predicted molar refractivity (Wildman–Crippen MR) is 166 cm³/mol. The first kappa shape index (κ1) is 28.5. The Morgan fingerprint density at radius 1 is 0.977 bits per heavy atom. The number of hydrogen-bond donors (Lipinski definition) is 1. The van der Waals surface area contributed by atoms with Crippen molar-refractivity contribution in [2.24, 2.45) is 5.10 Å². The molecule has 0 fully saturated rings. The monoisotopic (exact) mass is 609 g/mol. The second kappa shape index (κ2) is 11.9. The van der Waals surface area contributed by atoms with E-state index >= 15 is 0 Å². The van der Waals surface area contributed by atoms with Crippen molar-refractivity contribution in [2.75, 3.05) is 14.2 Å². The fraction of sp³-hybridized carbons (Fsp3) is 0.0909. The summed E-state index contributed by atoms with van der Waals surface area (Å²) < 4.78 is 24.2. The van der Waals surface area contributed by atoms with E-state index in [0.29, 0.717) is 44.9 Å². The van der Waals surface area contributed by atoms with Crippen molar-refractivity contribution in [3.8, 4) is 28.8 Å². The number of ether oxygens (including phenoxy) is 3. The van der Waals surface area contributed by atoms with Crippen LogP contribution in [0.1, 0.15) is 21.5 Å². The summed E-state index contributed by atoms with van der Waals surface area (Å²) in [5.41, 5.74) is 1.98. The SMILES string of the molecule is COc1cc(C=Nn2c(-c3cc4c(OC)cccc4o3)nc3ccccc3c2=O)cc(Cl)c1OCc1cccc(C(=O)O)c1. The van der Waals surface area contributed by atoms with Gasteiger partial charge in [0.15, 0.2) is 17.3 Å². The number of carbonyl (C=O) groups is 1. The molecule has 2 aromatic heterocycles. The van der Waals surface area contributed by atoms with Crippen LogP contribution >= 0.6 is 11.6 Å². The molecular formula is C33H24ClN3O7. The van der Waals surface area contributed by atoms with Crippen LogP contribution in [0.3, 0.4) is 0 Å². The van der Waals surface area contributed by atoms with Crippen LogP contribution in [0.4, 0.5) is 0 Å². The van der Waals surface area contributed by atoms with Crippen molar-refractivity contribution in [2.45, 2.75) is 6.61 Å². The van der Waals surface area contributed by atoms with E-state index in [4.69, 9.17) is 35.2 Å². The highest BCUT2D eigenvalue weighted by molar-refractivity contribution is 6.32. The summed E-state index contributed by atoms with van der Waals surface area (Å²) in [6.07, 6.45) is 1.46. The molecule has 0 aliphatic rings. The quantitative estimate of drug-likeness (QED) is 0.181. The molecule has 11 heteroatoms. The number of nitrogens with zero attached hydrogens (tertiary/aromatic N) is 3. The molecule has 0 aliphatic heterocycles. The number of halogens is 1. The van der Waals surface area contributed by atoms with E-state index in [9.17, 15) is 14.7 Å². The van der Waals surface area contributed by atoms with Gasteiger partial charge in [-0.3, -0.25) is 4.79 Å². The molecule has 0 saturated carbocycles. The molecule has 0 atom stereocenters. The average Bonchev–Trinajstić information content (AvgIpc) is 3.48. The van der Waals surface area contributed by atoms with Crippen molar-refractivity contribution < 1.29 is 28.5 Å². The van der Waals surface area contributed by atoms with E-state index in [1.54, 1.807) is 67.8 Å². The molecule has 0 aliphatic carbocycles. The molecule has 6 aromatic rings. The van der Waals surface area contributed by atoms with Crippen molar-refractivity contribution >= 4 is 45.7 Å². The van der Waals surface area contributed by atoms with Gasteiger partial charge in [-0.2, -0.15) is 9.78 Å². The molecule has 0 radical (unpaired) electrons. The fourth-order valence-corrected chi connectivity index (χ4v) is 5.01. The lowest BCUT2D eigenvalue weighted by Crippen LogP contribution is -2.20. The van der Waals surface area contributed by atoms with Crippen LogP contribution in [-0.2, 0) is 6.61 Å². The summed E-state index contributed by atoms with van der Waals surface area (Å²) in [5.74, 6) is 0.709. The number of aromatic nitrogens is 2. The molecular weight excluding hydrogens is 586 g/mol. The highest BCUT2D eigenvalue weighted by Gasteiger charge is 2.18. The van der Waals surface area contributed by atoms with E-state index < -0.39 is 11.5 Å². The number of fused-ring (bicyclic) bond motifs is 2. The third-order valence-corrected chi connectivity index (χ3v) is 7.13. The highest BCUT2D eigenvalue weighted by atomic mass is 35.5. The Balaban J connectivity index is 1.38. The van der Waals surface area contributed by atoms with Crippen LogP contribution in [0.2, 0.25) is 5.02 Å². The van der Waals surface area contributed by atoms with Gasteiger partial charge in [-0.1, -0.05) is 41.9 Å². The third kappa shape index (κ3) is 5.46. The van der Waals surface area contributed by atoms with E-state index in [2.05, 4.69) is 5.10 Å². The number of hydrogen-bond acceptors (Lipinski definition) is 8. The number of rotatable bonds is 9. The number of benzene rings is 4. The second-order valence-corrected chi connectivity index (χ2v) is 10.0. The van der Waals surface area contributed by atoms with Crippen LogP contribution in [-0.4, -0.2) is 41.2 Å². The lowest BCUT2D eigenvalue weighted by molar-refractivity contribution is 0.0696. The largest absolute Gasteiger partial charge is 0.496 e. The topological polar surface area (TPSA) is 125 Å². The first-order chi connectivity index (χ1) is 21.4. The van der Waals surface area contributed by atoms with E-state index in [-0.39, 0.29) is 28.8 Å². The summed E-state index contributed by atoms with van der Waals surface area (Å²) in [7, 11) is 3.04. The van der Waals surface area contributed by atoms with Gasteiger partial charge in [0, 0.05) is 0 Å². The van der Waals surface area contributed by atoms with Gasteiger partial charge in [0.05, 0.1) is 47.3 Å². The Kier molecular flexibility index (Phi) is 7.74. The molecule has 0 bridgehead atoms. The molecule has 10 nitrogen and oxygen atoms in total. The summed E-state index contributed by atoms with van der Waals surface area (Å²) in [4.78, 5) is 29.7. The number of aromatic carboxylic acids is 1. The van der Waals surface area contributed by atoms with Gasteiger partial charge in [0.2, 0.25) is 5.82 Å². The summed E-state index contributed by atoms with van der Waals surface area (Å²) in [6.45, 7) is 0.0639. The number of methoxy groups -OCH3 is 2. The zero-order valence-corrected chi connectivity index (χ0v) is 24.2. The third-order valence-electron chi connectivity index (χ3n) is 6.85. The molecule has 2 heterocycles. The molecule has 0 unspecified atom stereocenters. The Hall–Kier alpha value is -5.61. The minimum Gasteiger partial charge on any atom is -0.496 e. The molecule has 1 N–H and O–H groups in total. The highest BCUT2D eigenvalue weighted by Crippen LogP contribution is 2.37. The van der Waals surface area contributed by atoms with Crippen molar-refractivity contribution in [1.29, 1.82) is 0 Å². The van der Waals surface area contributed by atoms with E-state index in [0.717, 1.165) is 5.39 Å². The van der Waals surface area contributed by atoms with Crippen LogP contribution in [0.5, 0.6) is 17.2 Å². The number of furan rings is 1. The van der Waals surface area contributed by atoms with E-state index in [1.165, 1.54) is 30.1 Å². The maximum atomic E-state index is 13.6. The molecule has 0 amide bonds. The van der Waals surface area contributed by atoms with Gasteiger partial charge >= 0.3 is 5.97 Å². The van der Waals surface area contributed by atoms with Gasteiger partial charge < -0.3 is 23.7 Å². The zero-order valence-electron chi connectivity index (χ0n) is 23.5. The van der Waals surface area contributed by atoms with Gasteiger partial charge in [-0.25, -0.2) is 9.78 Å². The van der Waals surface area contributed by atoms with Crippen LogP contribution in [0.25, 0.3) is 33.5 Å². The molecule has 4 aromatic carbocycles. The Labute approximate surface area is 255 Å². The molecule has 6 rings (SSSR count). The number of carboxylic acids is 1. The van der Waals surface area contributed by atoms with Crippen LogP contribution < -0.4 is 19.8 Å². The lowest BCUT2D eigenvalue weighted by Gasteiger charge is -2.14. The maximum absolute atomic E-state index is 13.6. The smallest absolute Gasteiger partial charge is 0.335 e. The zero-order chi connectivity index (χ0) is 30.8. The Morgan fingerprint density at radius 3 is 2.57 bits per heavy atom. The summed E-state index contributed by atoms with van der Waals surface area (Å²) in [5, 5.41) is 15.1. The van der Waals surface area contributed by atoms with Gasteiger partial charge in [-0.15, -0.1) is 0 Å². The predicted octanol–water partition coefficient (Wildman–Crippen LogP) is 6.64. The Bertz CT molecular complexity index is 2130. The summed E-state index contributed by atoms with van der Waals surface area (Å²) >= 11 is 6.58. The van der Waals surface area contributed by atoms with Gasteiger partial charge in [0.25, 0.3) is 5.56 Å². The van der Waals surface area contributed by atoms with Crippen molar-refractivity contribution in [3.05, 3.63) is 117 Å². The van der Waals surface area contributed by atoms with E-state index in [1.807, 2.05) is 12.1 Å². The second-order valence-electron chi connectivity index (χ2n) is 9.63. The minimum absolute atomic E-state index is 0.0639. The lowest BCUT2D eigenvalue weighted by atomic mass is 10.1. The Morgan fingerprint density at radius 2 is 1.77 bits per heavy atom. The molecule has 44 heavy (non-hydrogen) atoms. The fourth-order valence-electron chi connectivity index (χ4n) is 4.74. The van der Waals surface area contributed by atoms with Gasteiger partial charge in [-0.05, 0) is 65.7 Å². The van der Waals surface area contributed by atoms with Crippen LogP contribution in [0, 0.1) is 0 Å². The van der Waals surface area contributed by atoms with Gasteiger partial charge in [0.1, 0.15) is 17.9 Å². The van der Waals surface area contributed by atoms with Crippen molar-refractivity contribution in [3.63, 3.8) is 0 Å².